The lowest BCUT2D eigenvalue weighted by atomic mass is 9.99. The van der Waals surface area contributed by atoms with E-state index in [4.69, 9.17) is 5.11 Å². The van der Waals surface area contributed by atoms with E-state index in [1.807, 2.05) is 0 Å². The molecular weight excluding hydrogens is 328 g/mol. The Morgan fingerprint density at radius 3 is 1.35 bits per heavy atom. The van der Waals surface area contributed by atoms with E-state index >= 15 is 0 Å². The number of carboxylic acids is 1. The van der Waals surface area contributed by atoms with E-state index in [2.05, 4.69) is 6.92 Å². The van der Waals surface area contributed by atoms with Gasteiger partial charge in [0, 0.05) is 6.42 Å². The van der Waals surface area contributed by atoms with Crippen molar-refractivity contribution in [3.63, 3.8) is 0 Å². The average Bonchev–Trinajstić information content (AvgIpc) is 2.61. The molecule has 0 fully saturated rings. The van der Waals surface area contributed by atoms with Gasteiger partial charge in [0.05, 0.1) is 12.2 Å². The summed E-state index contributed by atoms with van der Waals surface area (Å²) in [5, 5.41) is 28.6. The van der Waals surface area contributed by atoms with Gasteiger partial charge in [0.1, 0.15) is 0 Å². The molecule has 0 spiro atoms. The highest BCUT2D eigenvalue weighted by molar-refractivity contribution is 5.66. The smallest absolute Gasteiger partial charge is 0.303 e. The lowest BCUT2D eigenvalue weighted by Gasteiger charge is -2.17. The van der Waals surface area contributed by atoms with Gasteiger partial charge in [-0.2, -0.15) is 0 Å². The van der Waals surface area contributed by atoms with Crippen LogP contribution >= 0.6 is 0 Å². The molecule has 0 aliphatic heterocycles. The number of aliphatic hydroxyl groups excluding tert-OH is 2. The van der Waals surface area contributed by atoms with E-state index in [1.54, 1.807) is 0 Å². The number of aliphatic hydroxyl groups is 2. The molecule has 0 heterocycles. The quantitative estimate of drug-likeness (QED) is 0.235. The van der Waals surface area contributed by atoms with Crippen LogP contribution in [0, 0.1) is 0 Å². The van der Waals surface area contributed by atoms with Crippen LogP contribution in [0.15, 0.2) is 0 Å². The average molecular weight is 373 g/mol. The van der Waals surface area contributed by atoms with Gasteiger partial charge in [-0.3, -0.25) is 4.79 Å². The summed E-state index contributed by atoms with van der Waals surface area (Å²) in [6, 6.07) is 0. The van der Waals surface area contributed by atoms with Crippen LogP contribution in [0.5, 0.6) is 0 Å². The molecule has 0 aromatic carbocycles. The van der Waals surface area contributed by atoms with Crippen molar-refractivity contribution >= 4 is 5.97 Å². The second-order valence-corrected chi connectivity index (χ2v) is 7.81. The van der Waals surface area contributed by atoms with Crippen molar-refractivity contribution in [2.24, 2.45) is 0 Å². The fraction of sp³-hybridized carbons (Fsp3) is 0.955. The number of hydrogen-bond acceptors (Lipinski definition) is 3. The molecule has 2 unspecified atom stereocenters. The number of rotatable bonds is 20. The zero-order valence-electron chi connectivity index (χ0n) is 17.1. The first-order valence-electron chi connectivity index (χ1n) is 11.2. The van der Waals surface area contributed by atoms with Crippen LogP contribution < -0.4 is 0 Å². The Kier molecular flexibility index (Phi) is 18.7. The maximum atomic E-state index is 10.4. The van der Waals surface area contributed by atoms with Crippen LogP contribution in [0.2, 0.25) is 0 Å². The van der Waals surface area contributed by atoms with Gasteiger partial charge in [0.25, 0.3) is 0 Å². The first-order chi connectivity index (χ1) is 12.6. The van der Waals surface area contributed by atoms with Gasteiger partial charge < -0.3 is 15.3 Å². The summed E-state index contributed by atoms with van der Waals surface area (Å²) in [5.74, 6) is -0.726. The van der Waals surface area contributed by atoms with E-state index in [0.717, 1.165) is 44.9 Å². The Morgan fingerprint density at radius 2 is 0.962 bits per heavy atom. The number of carboxylic acid groups (broad SMARTS) is 1. The van der Waals surface area contributed by atoms with Crippen LogP contribution in [0.4, 0.5) is 0 Å². The van der Waals surface area contributed by atoms with Crippen molar-refractivity contribution in [1.29, 1.82) is 0 Å². The third-order valence-electron chi connectivity index (χ3n) is 5.19. The summed E-state index contributed by atoms with van der Waals surface area (Å²) in [6.45, 7) is 2.25. The Labute approximate surface area is 161 Å². The minimum Gasteiger partial charge on any atom is -0.481 e. The fourth-order valence-electron chi connectivity index (χ4n) is 3.39. The fourth-order valence-corrected chi connectivity index (χ4v) is 3.39. The van der Waals surface area contributed by atoms with Gasteiger partial charge in [-0.1, -0.05) is 96.8 Å². The molecule has 0 aromatic rings. The molecule has 0 saturated heterocycles. The summed E-state index contributed by atoms with van der Waals surface area (Å²) in [4.78, 5) is 10.4. The summed E-state index contributed by atoms with van der Waals surface area (Å²) in [5.41, 5.74) is 0. The number of hydrogen-bond donors (Lipinski definition) is 3. The molecule has 0 bridgehead atoms. The molecule has 0 saturated carbocycles. The summed E-state index contributed by atoms with van der Waals surface area (Å²) < 4.78 is 0. The summed E-state index contributed by atoms with van der Waals surface area (Å²) in [6.07, 6.45) is 17.8. The highest BCUT2D eigenvalue weighted by Crippen LogP contribution is 2.15. The van der Waals surface area contributed by atoms with Gasteiger partial charge in [-0.25, -0.2) is 0 Å². The third kappa shape index (κ3) is 18.2. The number of aliphatic carboxylic acids is 1. The predicted molar refractivity (Wildman–Crippen MR) is 108 cm³/mol. The largest absolute Gasteiger partial charge is 0.481 e. The second kappa shape index (κ2) is 19.2. The first kappa shape index (κ1) is 25.4. The molecule has 156 valence electrons. The zero-order valence-corrected chi connectivity index (χ0v) is 17.1. The van der Waals surface area contributed by atoms with Gasteiger partial charge >= 0.3 is 5.97 Å². The molecule has 2 atom stereocenters. The number of unbranched alkanes of at least 4 members (excludes halogenated alkanes) is 13. The lowest BCUT2D eigenvalue weighted by Crippen LogP contribution is -2.25. The second-order valence-electron chi connectivity index (χ2n) is 7.81. The minimum absolute atomic E-state index is 0.250. The van der Waals surface area contributed by atoms with Crippen LogP contribution in [0.25, 0.3) is 0 Å². The normalized spacial score (nSPS) is 13.7. The Hall–Kier alpha value is -0.610. The molecule has 0 aromatic heterocycles. The molecule has 0 rings (SSSR count). The van der Waals surface area contributed by atoms with Crippen molar-refractivity contribution in [3.05, 3.63) is 0 Å². The molecule has 3 N–H and O–H groups in total. The van der Waals surface area contributed by atoms with Crippen molar-refractivity contribution in [3.8, 4) is 0 Å². The van der Waals surface area contributed by atoms with Gasteiger partial charge in [0.2, 0.25) is 0 Å². The minimum atomic E-state index is -0.726. The zero-order chi connectivity index (χ0) is 19.5. The monoisotopic (exact) mass is 372 g/mol. The Bertz CT molecular complexity index is 307. The Balaban J connectivity index is 3.34. The van der Waals surface area contributed by atoms with Gasteiger partial charge in [-0.15, -0.1) is 0 Å². The van der Waals surface area contributed by atoms with Crippen LogP contribution in [-0.2, 0) is 4.79 Å². The van der Waals surface area contributed by atoms with E-state index in [0.29, 0.717) is 12.8 Å². The molecule has 0 amide bonds. The van der Waals surface area contributed by atoms with Crippen molar-refractivity contribution in [2.45, 2.75) is 135 Å². The molecule has 4 heteroatoms. The maximum absolute atomic E-state index is 10.4. The Morgan fingerprint density at radius 1 is 0.615 bits per heavy atom. The molecule has 26 heavy (non-hydrogen) atoms. The van der Waals surface area contributed by atoms with Crippen LogP contribution in [-0.4, -0.2) is 33.5 Å². The first-order valence-corrected chi connectivity index (χ1v) is 11.2. The summed E-state index contributed by atoms with van der Waals surface area (Å²) in [7, 11) is 0. The van der Waals surface area contributed by atoms with E-state index < -0.39 is 18.2 Å². The molecular formula is C22H44O4. The van der Waals surface area contributed by atoms with Crippen LogP contribution in [0.1, 0.15) is 122 Å². The molecule has 0 aliphatic carbocycles. The van der Waals surface area contributed by atoms with Crippen LogP contribution in [0.3, 0.4) is 0 Å². The number of carbonyl (C=O) groups is 1. The van der Waals surface area contributed by atoms with E-state index in [9.17, 15) is 15.0 Å². The highest BCUT2D eigenvalue weighted by atomic mass is 16.4. The third-order valence-corrected chi connectivity index (χ3v) is 5.19. The molecule has 0 aliphatic rings. The highest BCUT2D eigenvalue weighted by Gasteiger charge is 2.15. The van der Waals surface area contributed by atoms with Crippen molar-refractivity contribution in [2.75, 3.05) is 0 Å². The van der Waals surface area contributed by atoms with E-state index in [1.165, 1.54) is 51.4 Å². The molecule has 4 nitrogen and oxygen atoms in total. The van der Waals surface area contributed by atoms with E-state index in [-0.39, 0.29) is 6.42 Å². The van der Waals surface area contributed by atoms with Gasteiger partial charge in [0.15, 0.2) is 0 Å². The van der Waals surface area contributed by atoms with Gasteiger partial charge in [-0.05, 0) is 19.3 Å². The lowest BCUT2D eigenvalue weighted by molar-refractivity contribution is -0.137. The predicted octanol–water partition coefficient (Wildman–Crippen LogP) is 5.83. The standard InChI is InChI=1S/C22H44O4/c1-2-3-4-5-6-7-8-9-11-14-17-20(23)21(24)18-15-12-10-13-16-19-22(25)26/h20-21,23-24H,2-19H2,1H3,(H,25,26). The summed E-state index contributed by atoms with van der Waals surface area (Å²) >= 11 is 0. The topological polar surface area (TPSA) is 77.8 Å². The maximum Gasteiger partial charge on any atom is 0.303 e. The SMILES string of the molecule is CCCCCCCCCCCCC(O)C(O)CCCCCCCC(=O)O. The van der Waals surface area contributed by atoms with Crippen molar-refractivity contribution in [1.82, 2.24) is 0 Å². The molecule has 0 radical (unpaired) electrons. The van der Waals surface area contributed by atoms with Crippen molar-refractivity contribution < 1.29 is 20.1 Å².